The number of hydrogen-bond donors (Lipinski definition) is 2. The molecular weight excluding hydrogens is 210 g/mol. The molecule has 0 heterocycles. The molecule has 0 saturated carbocycles. The van der Waals surface area contributed by atoms with E-state index in [4.69, 9.17) is 15.6 Å². The average molecular weight is 229 g/mol. The Bertz CT molecular complexity index is 280. The summed E-state index contributed by atoms with van der Waals surface area (Å²) >= 11 is 0. The molecule has 0 fully saturated rings. The topological polar surface area (TPSA) is 89.6 Å². The van der Waals surface area contributed by atoms with Crippen LogP contribution in [0, 0.1) is 5.92 Å². The van der Waals surface area contributed by atoms with Gasteiger partial charge in [0.25, 0.3) is 0 Å². The van der Waals surface area contributed by atoms with Gasteiger partial charge in [-0.15, -0.1) is 6.58 Å². The predicted molar refractivity (Wildman–Crippen MR) is 59.8 cm³/mol. The number of carboxylic acids is 1. The summed E-state index contributed by atoms with van der Waals surface area (Å²) in [5.41, 5.74) is 4.87. The van der Waals surface area contributed by atoms with Gasteiger partial charge in [-0.05, 0) is 27.2 Å². The Labute approximate surface area is 95.3 Å². The SMILES string of the molecule is C=CCC(N)C(C(=O)O)C(=O)OC(C)(C)C. The van der Waals surface area contributed by atoms with Crippen LogP contribution < -0.4 is 5.73 Å². The Balaban J connectivity index is 4.72. The van der Waals surface area contributed by atoms with Crippen molar-refractivity contribution in [1.82, 2.24) is 0 Å². The summed E-state index contributed by atoms with van der Waals surface area (Å²) in [6.07, 6.45) is 1.72. The molecule has 0 spiro atoms. The highest BCUT2D eigenvalue weighted by Gasteiger charge is 2.35. The van der Waals surface area contributed by atoms with E-state index in [1.807, 2.05) is 0 Å². The minimum atomic E-state index is -1.35. The van der Waals surface area contributed by atoms with Gasteiger partial charge in [-0.3, -0.25) is 9.59 Å². The summed E-state index contributed by atoms with van der Waals surface area (Å²) < 4.78 is 4.99. The molecule has 0 radical (unpaired) electrons. The zero-order valence-electron chi connectivity index (χ0n) is 9.90. The number of ether oxygens (including phenoxy) is 1. The number of hydrogen-bond acceptors (Lipinski definition) is 4. The number of esters is 1. The van der Waals surface area contributed by atoms with Crippen molar-refractivity contribution in [2.75, 3.05) is 0 Å². The van der Waals surface area contributed by atoms with E-state index in [2.05, 4.69) is 6.58 Å². The van der Waals surface area contributed by atoms with Gasteiger partial charge in [-0.1, -0.05) is 6.08 Å². The maximum atomic E-state index is 11.6. The van der Waals surface area contributed by atoms with E-state index >= 15 is 0 Å². The molecule has 16 heavy (non-hydrogen) atoms. The Morgan fingerprint density at radius 1 is 1.50 bits per heavy atom. The largest absolute Gasteiger partial charge is 0.481 e. The lowest BCUT2D eigenvalue weighted by molar-refractivity contribution is -0.167. The summed E-state index contributed by atoms with van der Waals surface area (Å²) in [6.45, 7) is 8.46. The van der Waals surface area contributed by atoms with Crippen LogP contribution in [0.15, 0.2) is 12.7 Å². The lowest BCUT2D eigenvalue weighted by Gasteiger charge is -2.24. The first-order chi connectivity index (χ1) is 7.19. The van der Waals surface area contributed by atoms with Crippen LogP contribution in [0.1, 0.15) is 27.2 Å². The van der Waals surface area contributed by atoms with Crippen molar-refractivity contribution in [3.05, 3.63) is 12.7 Å². The van der Waals surface area contributed by atoms with Gasteiger partial charge in [0.15, 0.2) is 5.92 Å². The molecule has 0 amide bonds. The predicted octanol–water partition coefficient (Wildman–Crippen LogP) is 0.932. The first kappa shape index (κ1) is 14.6. The van der Waals surface area contributed by atoms with Gasteiger partial charge in [-0.2, -0.15) is 0 Å². The van der Waals surface area contributed by atoms with E-state index in [1.165, 1.54) is 6.08 Å². The van der Waals surface area contributed by atoms with E-state index in [0.29, 0.717) is 0 Å². The summed E-state index contributed by atoms with van der Waals surface area (Å²) in [5.74, 6) is -3.44. The molecule has 0 aliphatic carbocycles. The zero-order valence-corrected chi connectivity index (χ0v) is 9.90. The van der Waals surface area contributed by atoms with Crippen LogP contribution in [0.2, 0.25) is 0 Å². The van der Waals surface area contributed by atoms with E-state index in [0.717, 1.165) is 0 Å². The molecule has 0 aromatic carbocycles. The fourth-order valence-corrected chi connectivity index (χ4v) is 1.15. The van der Waals surface area contributed by atoms with Crippen molar-refractivity contribution < 1.29 is 19.4 Å². The second-order valence-electron chi connectivity index (χ2n) is 4.54. The fraction of sp³-hybridized carbons (Fsp3) is 0.636. The molecule has 0 saturated heterocycles. The minimum Gasteiger partial charge on any atom is -0.481 e. The number of aliphatic carboxylic acids is 1. The van der Waals surface area contributed by atoms with Gasteiger partial charge in [0.2, 0.25) is 0 Å². The normalized spacial score (nSPS) is 15.0. The number of rotatable bonds is 5. The van der Waals surface area contributed by atoms with Gasteiger partial charge < -0.3 is 15.6 Å². The number of carboxylic acid groups (broad SMARTS) is 1. The van der Waals surface area contributed by atoms with Gasteiger partial charge >= 0.3 is 11.9 Å². The lowest BCUT2D eigenvalue weighted by atomic mass is 9.97. The maximum Gasteiger partial charge on any atom is 0.322 e. The molecule has 0 aromatic rings. The molecule has 0 aliphatic rings. The maximum absolute atomic E-state index is 11.6. The van der Waals surface area contributed by atoms with Crippen molar-refractivity contribution in [1.29, 1.82) is 0 Å². The van der Waals surface area contributed by atoms with Crippen LogP contribution in [0.25, 0.3) is 0 Å². The zero-order chi connectivity index (χ0) is 12.9. The molecule has 2 unspecified atom stereocenters. The number of carbonyl (C=O) groups excluding carboxylic acids is 1. The molecule has 92 valence electrons. The molecule has 2 atom stereocenters. The monoisotopic (exact) mass is 229 g/mol. The second-order valence-corrected chi connectivity index (χ2v) is 4.54. The van der Waals surface area contributed by atoms with Crippen molar-refractivity contribution in [2.45, 2.75) is 38.8 Å². The molecule has 5 nitrogen and oxygen atoms in total. The van der Waals surface area contributed by atoms with Crippen LogP contribution in [0.5, 0.6) is 0 Å². The van der Waals surface area contributed by atoms with Crippen LogP contribution in [-0.2, 0) is 14.3 Å². The number of nitrogens with two attached hydrogens (primary N) is 1. The van der Waals surface area contributed by atoms with Crippen molar-refractivity contribution in [3.8, 4) is 0 Å². The third-order valence-electron chi connectivity index (χ3n) is 1.79. The van der Waals surface area contributed by atoms with Crippen LogP contribution in [0.3, 0.4) is 0 Å². The lowest BCUT2D eigenvalue weighted by Crippen LogP contribution is -2.43. The third-order valence-corrected chi connectivity index (χ3v) is 1.79. The van der Waals surface area contributed by atoms with E-state index in [-0.39, 0.29) is 6.42 Å². The first-order valence-corrected chi connectivity index (χ1v) is 5.01. The molecule has 5 heteroatoms. The molecule has 0 rings (SSSR count). The van der Waals surface area contributed by atoms with Crippen LogP contribution in [0.4, 0.5) is 0 Å². The third kappa shape index (κ3) is 4.93. The standard InChI is InChI=1S/C11H19NO4/c1-5-6-7(12)8(9(13)14)10(15)16-11(2,3)4/h5,7-8H,1,6,12H2,2-4H3,(H,13,14). The summed E-state index contributed by atoms with van der Waals surface area (Å²) in [4.78, 5) is 22.5. The highest BCUT2D eigenvalue weighted by atomic mass is 16.6. The molecule has 3 N–H and O–H groups in total. The van der Waals surface area contributed by atoms with Crippen molar-refractivity contribution in [2.24, 2.45) is 11.7 Å². The van der Waals surface area contributed by atoms with E-state index < -0.39 is 29.5 Å². The summed E-state index contributed by atoms with van der Waals surface area (Å²) in [5, 5.41) is 8.92. The van der Waals surface area contributed by atoms with Gasteiger partial charge in [0, 0.05) is 6.04 Å². The number of carbonyl (C=O) groups is 2. The van der Waals surface area contributed by atoms with Crippen LogP contribution in [-0.4, -0.2) is 28.7 Å². The quantitative estimate of drug-likeness (QED) is 0.416. The van der Waals surface area contributed by atoms with Gasteiger partial charge in [0.05, 0.1) is 0 Å². The van der Waals surface area contributed by atoms with E-state index in [9.17, 15) is 9.59 Å². The Hall–Kier alpha value is -1.36. The van der Waals surface area contributed by atoms with Gasteiger partial charge in [-0.25, -0.2) is 0 Å². The summed E-state index contributed by atoms with van der Waals surface area (Å²) in [7, 11) is 0. The highest BCUT2D eigenvalue weighted by Crippen LogP contribution is 2.15. The van der Waals surface area contributed by atoms with E-state index in [1.54, 1.807) is 20.8 Å². The Morgan fingerprint density at radius 2 is 2.00 bits per heavy atom. The highest BCUT2D eigenvalue weighted by molar-refractivity contribution is 5.95. The van der Waals surface area contributed by atoms with Gasteiger partial charge in [0.1, 0.15) is 5.60 Å². The molecular formula is C11H19NO4. The van der Waals surface area contributed by atoms with Crippen molar-refractivity contribution >= 4 is 11.9 Å². The second kappa shape index (κ2) is 5.65. The first-order valence-electron chi connectivity index (χ1n) is 5.01. The van der Waals surface area contributed by atoms with Crippen molar-refractivity contribution in [3.63, 3.8) is 0 Å². The van der Waals surface area contributed by atoms with Crippen LogP contribution >= 0.6 is 0 Å². The minimum absolute atomic E-state index is 0.246. The molecule has 0 aliphatic heterocycles. The fourth-order valence-electron chi connectivity index (χ4n) is 1.15. The average Bonchev–Trinajstić information content (AvgIpc) is 1.99. The molecule has 0 aromatic heterocycles. The molecule has 0 bridgehead atoms. The Kier molecular flexibility index (Phi) is 5.17. The smallest absolute Gasteiger partial charge is 0.322 e. The Morgan fingerprint density at radius 3 is 2.31 bits per heavy atom. The summed E-state index contributed by atoms with van der Waals surface area (Å²) in [6, 6.07) is -0.815.